The molecule has 3 aromatic carbocycles. The van der Waals surface area contributed by atoms with Gasteiger partial charge in [0.25, 0.3) is 11.8 Å². The van der Waals surface area contributed by atoms with Gasteiger partial charge in [-0.25, -0.2) is 4.79 Å². The third kappa shape index (κ3) is 5.07. The molecule has 0 saturated heterocycles. The summed E-state index contributed by atoms with van der Waals surface area (Å²) in [6.07, 6.45) is 0. The number of carbonyl (C=O) groups excluding carboxylic acids is 3. The van der Waals surface area contributed by atoms with Gasteiger partial charge in [-0.05, 0) is 41.5 Å². The molecule has 0 aliphatic carbocycles. The number of esters is 1. The highest BCUT2D eigenvalue weighted by Gasteiger charge is 2.22. The van der Waals surface area contributed by atoms with E-state index in [1.807, 2.05) is 49.4 Å². The second-order valence-electron chi connectivity index (χ2n) is 7.24. The molecule has 3 aromatic rings. The third-order valence-corrected chi connectivity index (χ3v) is 5.45. The monoisotopic (exact) mass is 453 g/mol. The van der Waals surface area contributed by atoms with Crippen LogP contribution in [0.2, 0.25) is 5.02 Å². The minimum atomic E-state index is -0.993. The maximum absolute atomic E-state index is 12.8. The van der Waals surface area contributed by atoms with Crippen LogP contribution in [0.5, 0.6) is 0 Å². The molecule has 0 saturated carbocycles. The molecule has 4 N–H and O–H groups in total. The molecule has 0 heterocycles. The summed E-state index contributed by atoms with van der Waals surface area (Å²) < 4.78 is 4.60. The first-order chi connectivity index (χ1) is 15.3. The normalized spacial score (nSPS) is 12.6. The van der Waals surface area contributed by atoms with Crippen molar-refractivity contribution in [3.8, 4) is 0 Å². The van der Waals surface area contributed by atoms with E-state index in [0.29, 0.717) is 5.56 Å². The van der Waals surface area contributed by atoms with Gasteiger partial charge in [-0.15, -0.1) is 0 Å². The van der Waals surface area contributed by atoms with Crippen LogP contribution in [0.4, 0.5) is 0 Å². The van der Waals surface area contributed by atoms with Crippen molar-refractivity contribution >= 4 is 40.2 Å². The lowest BCUT2D eigenvalue weighted by atomic mass is 9.99. The summed E-state index contributed by atoms with van der Waals surface area (Å²) in [6, 6.07) is 17.0. The largest absolute Gasteiger partial charge is 0.467 e. The summed E-state index contributed by atoms with van der Waals surface area (Å²) in [4.78, 5) is 36.9. The smallest absolute Gasteiger partial charge is 0.329 e. The number of hydrogen-bond acceptors (Lipinski definition) is 5. The second-order valence-corrected chi connectivity index (χ2v) is 7.65. The molecule has 0 fully saturated rings. The van der Waals surface area contributed by atoms with Gasteiger partial charge < -0.3 is 21.1 Å². The SMILES string of the molecule is COC(=O)[C@H](CN)NC(=O)c1ccc(C(=O)NC(C)c2cccc3ccccc23)cc1Cl. The van der Waals surface area contributed by atoms with Gasteiger partial charge in [-0.3, -0.25) is 9.59 Å². The molecule has 166 valence electrons. The molecule has 0 aliphatic rings. The lowest BCUT2D eigenvalue weighted by molar-refractivity contribution is -0.142. The number of hydrogen-bond donors (Lipinski definition) is 3. The molecule has 0 aromatic heterocycles. The second kappa shape index (κ2) is 10.3. The van der Waals surface area contributed by atoms with Gasteiger partial charge in [-0.1, -0.05) is 54.1 Å². The van der Waals surface area contributed by atoms with Gasteiger partial charge in [0.05, 0.1) is 23.7 Å². The Morgan fingerprint density at radius 3 is 2.41 bits per heavy atom. The lowest BCUT2D eigenvalue weighted by Crippen LogP contribution is -2.46. The quantitative estimate of drug-likeness (QED) is 0.476. The van der Waals surface area contributed by atoms with Crippen LogP contribution in [-0.2, 0) is 9.53 Å². The molecular formula is C24H24ClN3O4. The molecule has 1 unspecified atom stereocenters. The van der Waals surface area contributed by atoms with Crippen LogP contribution in [0.3, 0.4) is 0 Å². The van der Waals surface area contributed by atoms with E-state index >= 15 is 0 Å². The summed E-state index contributed by atoms with van der Waals surface area (Å²) in [5.74, 6) is -1.57. The molecule has 2 atom stereocenters. The zero-order valence-corrected chi connectivity index (χ0v) is 18.5. The zero-order valence-electron chi connectivity index (χ0n) is 17.7. The van der Waals surface area contributed by atoms with Crippen molar-refractivity contribution in [2.24, 2.45) is 5.73 Å². The fourth-order valence-electron chi connectivity index (χ4n) is 3.42. The predicted octanol–water partition coefficient (Wildman–Crippen LogP) is 3.21. The van der Waals surface area contributed by atoms with E-state index in [1.165, 1.54) is 25.3 Å². The van der Waals surface area contributed by atoms with Crippen LogP contribution in [0.25, 0.3) is 10.8 Å². The van der Waals surface area contributed by atoms with Crippen LogP contribution < -0.4 is 16.4 Å². The lowest BCUT2D eigenvalue weighted by Gasteiger charge is -2.17. The van der Waals surface area contributed by atoms with Crippen LogP contribution in [-0.4, -0.2) is 37.5 Å². The van der Waals surface area contributed by atoms with E-state index in [2.05, 4.69) is 15.4 Å². The van der Waals surface area contributed by atoms with Gasteiger partial charge in [-0.2, -0.15) is 0 Å². The fraction of sp³-hybridized carbons (Fsp3) is 0.208. The van der Waals surface area contributed by atoms with Crippen molar-refractivity contribution in [1.29, 1.82) is 0 Å². The summed E-state index contributed by atoms with van der Waals surface area (Å²) in [5, 5.41) is 7.67. The number of nitrogens with two attached hydrogens (primary N) is 1. The van der Waals surface area contributed by atoms with E-state index in [-0.39, 0.29) is 29.1 Å². The highest BCUT2D eigenvalue weighted by Crippen LogP contribution is 2.25. The number of halogens is 1. The highest BCUT2D eigenvalue weighted by atomic mass is 35.5. The summed E-state index contributed by atoms with van der Waals surface area (Å²) >= 11 is 6.25. The van der Waals surface area contributed by atoms with Crippen molar-refractivity contribution in [3.63, 3.8) is 0 Å². The van der Waals surface area contributed by atoms with Crippen molar-refractivity contribution in [2.75, 3.05) is 13.7 Å². The minimum Gasteiger partial charge on any atom is -0.467 e. The van der Waals surface area contributed by atoms with E-state index < -0.39 is 17.9 Å². The molecule has 0 bridgehead atoms. The number of rotatable bonds is 7. The molecule has 0 radical (unpaired) electrons. The Bertz CT molecular complexity index is 1160. The predicted molar refractivity (Wildman–Crippen MR) is 124 cm³/mol. The number of methoxy groups -OCH3 is 1. The van der Waals surface area contributed by atoms with Crippen LogP contribution in [0.15, 0.2) is 60.7 Å². The molecule has 8 heteroatoms. The first-order valence-electron chi connectivity index (χ1n) is 10.0. The minimum absolute atomic E-state index is 0.0774. The summed E-state index contributed by atoms with van der Waals surface area (Å²) in [7, 11) is 1.21. The van der Waals surface area contributed by atoms with Gasteiger partial charge in [0, 0.05) is 12.1 Å². The van der Waals surface area contributed by atoms with Crippen molar-refractivity contribution in [3.05, 3.63) is 82.4 Å². The maximum Gasteiger partial charge on any atom is 0.329 e. The van der Waals surface area contributed by atoms with E-state index in [9.17, 15) is 14.4 Å². The van der Waals surface area contributed by atoms with Gasteiger partial charge in [0.15, 0.2) is 0 Å². The topological polar surface area (TPSA) is 111 Å². The number of nitrogens with one attached hydrogen (secondary N) is 2. The van der Waals surface area contributed by atoms with Crippen molar-refractivity contribution in [2.45, 2.75) is 19.0 Å². The summed E-state index contributed by atoms with van der Waals surface area (Å²) in [6.45, 7) is 1.78. The number of carbonyl (C=O) groups is 3. The van der Waals surface area contributed by atoms with Crippen LogP contribution >= 0.6 is 11.6 Å². The van der Waals surface area contributed by atoms with Gasteiger partial charge in [0.2, 0.25) is 0 Å². The Morgan fingerprint density at radius 1 is 1.00 bits per heavy atom. The first kappa shape index (κ1) is 23.2. The highest BCUT2D eigenvalue weighted by molar-refractivity contribution is 6.34. The number of amides is 2. The number of fused-ring (bicyclic) bond motifs is 1. The Hall–Kier alpha value is -3.42. The fourth-order valence-corrected chi connectivity index (χ4v) is 3.68. The molecule has 2 amide bonds. The van der Waals surface area contributed by atoms with Crippen LogP contribution in [0, 0.1) is 0 Å². The standard InChI is InChI=1S/C24H24ClN3O4/c1-14(17-9-5-7-15-6-3-4-8-18(15)17)27-22(29)16-10-11-19(20(25)12-16)23(30)28-21(13-26)24(31)32-2/h3-12,14,21H,13,26H2,1-2H3,(H,27,29)(H,28,30)/t14?,21-/m0/s1. The molecule has 7 nitrogen and oxygen atoms in total. The maximum atomic E-state index is 12.8. The number of ether oxygens (including phenoxy) is 1. The van der Waals surface area contributed by atoms with E-state index in [1.54, 1.807) is 0 Å². The molecular weight excluding hydrogens is 430 g/mol. The Kier molecular flexibility index (Phi) is 7.45. The van der Waals surface area contributed by atoms with E-state index in [0.717, 1.165) is 16.3 Å². The Balaban J connectivity index is 1.74. The average molecular weight is 454 g/mol. The summed E-state index contributed by atoms with van der Waals surface area (Å²) in [5.41, 5.74) is 6.93. The third-order valence-electron chi connectivity index (χ3n) is 5.14. The molecule has 0 spiro atoms. The van der Waals surface area contributed by atoms with Gasteiger partial charge >= 0.3 is 5.97 Å². The number of benzene rings is 3. The zero-order chi connectivity index (χ0) is 23.3. The molecule has 0 aliphatic heterocycles. The Labute approximate surface area is 190 Å². The molecule has 32 heavy (non-hydrogen) atoms. The molecule has 3 rings (SSSR count). The van der Waals surface area contributed by atoms with Gasteiger partial charge in [0.1, 0.15) is 6.04 Å². The van der Waals surface area contributed by atoms with Crippen molar-refractivity contribution in [1.82, 2.24) is 10.6 Å². The van der Waals surface area contributed by atoms with E-state index in [4.69, 9.17) is 17.3 Å². The van der Waals surface area contributed by atoms with Crippen LogP contribution in [0.1, 0.15) is 39.2 Å². The average Bonchev–Trinajstić information content (AvgIpc) is 2.81. The first-order valence-corrected chi connectivity index (χ1v) is 10.4. The Morgan fingerprint density at radius 2 is 1.72 bits per heavy atom. The van der Waals surface area contributed by atoms with Crippen molar-refractivity contribution < 1.29 is 19.1 Å².